The fourth-order valence-electron chi connectivity index (χ4n) is 1.84. The number of carbonyl (C=O) groups excluding carboxylic acids is 1. The number of nitrogens with zero attached hydrogens (tertiary/aromatic N) is 2. The molecule has 0 unspecified atom stereocenters. The second kappa shape index (κ2) is 4.84. The van der Waals surface area contributed by atoms with Crippen molar-refractivity contribution in [2.75, 3.05) is 0 Å². The zero-order valence-electron chi connectivity index (χ0n) is 11.1. The van der Waals surface area contributed by atoms with Gasteiger partial charge in [-0.3, -0.25) is 9.48 Å². The lowest BCUT2D eigenvalue weighted by Crippen LogP contribution is -2.40. The van der Waals surface area contributed by atoms with Crippen molar-refractivity contribution in [2.45, 2.75) is 19.4 Å². The fourth-order valence-corrected chi connectivity index (χ4v) is 1.84. The standard InChI is InChI=1S/C14H16FN3O/c1-14(2,11-5-4-6-12(15)7-11)17-13(19)10-8-16-18(3)9-10/h4-9H,1-3H3,(H,17,19). The average Bonchev–Trinajstić information content (AvgIpc) is 2.75. The van der Waals surface area contributed by atoms with Crippen LogP contribution in [0.2, 0.25) is 0 Å². The highest BCUT2D eigenvalue weighted by Crippen LogP contribution is 2.21. The minimum Gasteiger partial charge on any atom is -0.343 e. The average molecular weight is 261 g/mol. The topological polar surface area (TPSA) is 46.9 Å². The van der Waals surface area contributed by atoms with Crippen molar-refractivity contribution in [1.82, 2.24) is 15.1 Å². The van der Waals surface area contributed by atoms with Crippen molar-refractivity contribution in [3.8, 4) is 0 Å². The minimum absolute atomic E-state index is 0.234. The summed E-state index contributed by atoms with van der Waals surface area (Å²) in [5.74, 6) is -0.552. The van der Waals surface area contributed by atoms with Crippen LogP contribution in [0.15, 0.2) is 36.7 Å². The van der Waals surface area contributed by atoms with E-state index in [9.17, 15) is 9.18 Å². The van der Waals surface area contributed by atoms with Crippen LogP contribution >= 0.6 is 0 Å². The summed E-state index contributed by atoms with van der Waals surface area (Å²) in [7, 11) is 1.74. The van der Waals surface area contributed by atoms with Crippen molar-refractivity contribution in [3.63, 3.8) is 0 Å². The molecule has 2 rings (SSSR count). The summed E-state index contributed by atoms with van der Waals surface area (Å²) in [6, 6.07) is 6.21. The molecule has 0 aliphatic heterocycles. The van der Waals surface area contributed by atoms with E-state index in [4.69, 9.17) is 0 Å². The number of rotatable bonds is 3. The van der Waals surface area contributed by atoms with Gasteiger partial charge in [-0.15, -0.1) is 0 Å². The van der Waals surface area contributed by atoms with Crippen molar-refractivity contribution in [2.24, 2.45) is 7.05 Å². The number of nitrogens with one attached hydrogen (secondary N) is 1. The predicted molar refractivity (Wildman–Crippen MR) is 70.1 cm³/mol. The van der Waals surface area contributed by atoms with E-state index in [1.165, 1.54) is 18.3 Å². The molecule has 0 atom stereocenters. The Bertz CT molecular complexity index is 604. The van der Waals surface area contributed by atoms with Crippen LogP contribution in [0.3, 0.4) is 0 Å². The second-order valence-electron chi connectivity index (χ2n) is 4.99. The van der Waals surface area contributed by atoms with Crippen LogP contribution in [-0.4, -0.2) is 15.7 Å². The Morgan fingerprint density at radius 2 is 2.16 bits per heavy atom. The number of benzene rings is 1. The summed E-state index contributed by atoms with van der Waals surface area (Å²) in [6.07, 6.45) is 3.13. The zero-order chi connectivity index (χ0) is 14.0. The highest BCUT2D eigenvalue weighted by atomic mass is 19.1. The van der Waals surface area contributed by atoms with E-state index < -0.39 is 5.54 Å². The summed E-state index contributed by atoms with van der Waals surface area (Å²) in [4.78, 5) is 12.1. The largest absolute Gasteiger partial charge is 0.343 e. The van der Waals surface area contributed by atoms with Gasteiger partial charge in [0.05, 0.1) is 17.3 Å². The molecule has 1 N–H and O–H groups in total. The molecule has 0 fully saturated rings. The molecular formula is C14H16FN3O. The SMILES string of the molecule is Cn1cc(C(=O)NC(C)(C)c2cccc(F)c2)cn1. The van der Waals surface area contributed by atoms with E-state index in [0.29, 0.717) is 11.1 Å². The highest BCUT2D eigenvalue weighted by Gasteiger charge is 2.24. The monoisotopic (exact) mass is 261 g/mol. The van der Waals surface area contributed by atoms with E-state index in [0.717, 1.165) is 0 Å². The number of hydrogen-bond acceptors (Lipinski definition) is 2. The van der Waals surface area contributed by atoms with Gasteiger partial charge in [-0.2, -0.15) is 5.10 Å². The Kier molecular flexibility index (Phi) is 3.38. The van der Waals surface area contributed by atoms with E-state index in [1.54, 1.807) is 30.1 Å². The number of hydrogen-bond donors (Lipinski definition) is 1. The lowest BCUT2D eigenvalue weighted by Gasteiger charge is -2.26. The minimum atomic E-state index is -0.658. The zero-order valence-corrected chi connectivity index (χ0v) is 11.1. The molecule has 1 aromatic carbocycles. The first-order valence-corrected chi connectivity index (χ1v) is 5.96. The van der Waals surface area contributed by atoms with Crippen LogP contribution in [0.1, 0.15) is 29.8 Å². The summed E-state index contributed by atoms with van der Waals surface area (Å²) in [5.41, 5.74) is 0.534. The first kappa shape index (κ1) is 13.3. The van der Waals surface area contributed by atoms with Crippen molar-refractivity contribution in [3.05, 3.63) is 53.6 Å². The lowest BCUT2D eigenvalue weighted by atomic mass is 9.94. The van der Waals surface area contributed by atoms with Gasteiger partial charge >= 0.3 is 0 Å². The number of amides is 1. The smallest absolute Gasteiger partial charge is 0.255 e. The molecule has 0 saturated heterocycles. The number of aryl methyl sites for hydroxylation is 1. The van der Waals surface area contributed by atoms with Crippen molar-refractivity contribution in [1.29, 1.82) is 0 Å². The third-order valence-corrected chi connectivity index (χ3v) is 2.94. The van der Waals surface area contributed by atoms with Gasteiger partial charge in [0, 0.05) is 13.2 Å². The van der Waals surface area contributed by atoms with Gasteiger partial charge in [0.25, 0.3) is 5.91 Å². The Labute approximate surface area is 111 Å². The van der Waals surface area contributed by atoms with Gasteiger partial charge in [-0.25, -0.2) is 4.39 Å². The molecule has 0 saturated carbocycles. The molecule has 0 aliphatic carbocycles. The van der Waals surface area contributed by atoms with Crippen LogP contribution in [0.5, 0.6) is 0 Å². The van der Waals surface area contributed by atoms with E-state index >= 15 is 0 Å². The molecule has 19 heavy (non-hydrogen) atoms. The number of aromatic nitrogens is 2. The van der Waals surface area contributed by atoms with E-state index in [1.807, 2.05) is 13.8 Å². The van der Waals surface area contributed by atoms with Crippen LogP contribution in [0.25, 0.3) is 0 Å². The Morgan fingerprint density at radius 1 is 1.42 bits per heavy atom. The van der Waals surface area contributed by atoms with Crippen LogP contribution in [0.4, 0.5) is 4.39 Å². The Hall–Kier alpha value is -2.17. The maximum atomic E-state index is 13.2. The normalized spacial score (nSPS) is 11.4. The first-order chi connectivity index (χ1) is 8.88. The molecule has 5 heteroatoms. The fraction of sp³-hybridized carbons (Fsp3) is 0.286. The summed E-state index contributed by atoms with van der Waals surface area (Å²) >= 11 is 0. The molecule has 1 aromatic heterocycles. The second-order valence-corrected chi connectivity index (χ2v) is 4.99. The van der Waals surface area contributed by atoms with Gasteiger partial charge in [-0.1, -0.05) is 12.1 Å². The quantitative estimate of drug-likeness (QED) is 0.921. The van der Waals surface area contributed by atoms with Gasteiger partial charge < -0.3 is 5.32 Å². The molecule has 0 bridgehead atoms. The van der Waals surface area contributed by atoms with Crippen LogP contribution < -0.4 is 5.32 Å². The van der Waals surface area contributed by atoms with Gasteiger partial charge in [-0.05, 0) is 31.5 Å². The molecular weight excluding hydrogens is 245 g/mol. The number of carbonyl (C=O) groups is 1. The Morgan fingerprint density at radius 3 is 2.74 bits per heavy atom. The molecule has 1 amide bonds. The summed E-state index contributed by atoms with van der Waals surface area (Å²) in [5, 5.41) is 6.82. The maximum absolute atomic E-state index is 13.2. The first-order valence-electron chi connectivity index (χ1n) is 5.96. The molecule has 4 nitrogen and oxygen atoms in total. The summed E-state index contributed by atoms with van der Waals surface area (Å²) < 4.78 is 14.8. The van der Waals surface area contributed by atoms with Crippen molar-refractivity contribution >= 4 is 5.91 Å². The van der Waals surface area contributed by atoms with E-state index in [-0.39, 0.29) is 11.7 Å². The van der Waals surface area contributed by atoms with E-state index in [2.05, 4.69) is 10.4 Å². The van der Waals surface area contributed by atoms with Gasteiger partial charge in [0.15, 0.2) is 0 Å². The van der Waals surface area contributed by atoms with Crippen LogP contribution in [0, 0.1) is 5.82 Å². The predicted octanol–water partition coefficient (Wildman–Crippen LogP) is 2.22. The van der Waals surface area contributed by atoms with Gasteiger partial charge in [0.2, 0.25) is 0 Å². The summed E-state index contributed by atoms with van der Waals surface area (Å²) in [6.45, 7) is 3.66. The molecule has 0 aliphatic rings. The highest BCUT2D eigenvalue weighted by molar-refractivity contribution is 5.94. The van der Waals surface area contributed by atoms with Crippen LogP contribution in [-0.2, 0) is 12.6 Å². The van der Waals surface area contributed by atoms with Gasteiger partial charge in [0.1, 0.15) is 5.82 Å². The maximum Gasteiger partial charge on any atom is 0.255 e. The van der Waals surface area contributed by atoms with Crippen molar-refractivity contribution < 1.29 is 9.18 Å². The Balaban J connectivity index is 2.19. The molecule has 0 radical (unpaired) electrons. The molecule has 0 spiro atoms. The molecule has 100 valence electrons. The number of halogens is 1. The third-order valence-electron chi connectivity index (χ3n) is 2.94. The molecule has 1 heterocycles. The molecule has 2 aromatic rings. The third kappa shape index (κ3) is 2.99. The lowest BCUT2D eigenvalue weighted by molar-refractivity contribution is 0.0912.